The van der Waals surface area contributed by atoms with Gasteiger partial charge in [-0.25, -0.2) is 13.4 Å². The Morgan fingerprint density at radius 1 is 1.00 bits per heavy atom. The molecule has 0 unspecified atom stereocenters. The second-order valence-electron chi connectivity index (χ2n) is 7.22. The molecule has 0 saturated carbocycles. The number of benzene rings is 2. The Morgan fingerprint density at radius 3 is 2.34 bits per heavy atom. The van der Waals surface area contributed by atoms with Gasteiger partial charge in [0.05, 0.1) is 21.9 Å². The van der Waals surface area contributed by atoms with E-state index in [0.29, 0.717) is 28.7 Å². The number of aromatic nitrogens is 1. The van der Waals surface area contributed by atoms with E-state index in [9.17, 15) is 13.2 Å². The molecule has 9 heteroatoms. The Kier molecular flexibility index (Phi) is 6.11. The zero-order valence-electron chi connectivity index (χ0n) is 17.5. The molecule has 2 N–H and O–H groups in total. The summed E-state index contributed by atoms with van der Waals surface area (Å²) in [7, 11) is -3.68. The Balaban J connectivity index is 1.38. The van der Waals surface area contributed by atoms with Gasteiger partial charge in [-0.3, -0.25) is 9.52 Å². The number of carbonyl (C=O) groups is 1. The molecule has 0 fully saturated rings. The molecule has 2 aromatic heterocycles. The van der Waals surface area contributed by atoms with Crippen molar-refractivity contribution in [3.8, 4) is 10.8 Å². The standard InChI is InChI=1S/C23H21N3O4S2/c1-15-5-11-19(12-6-15)32(28,29)26-18-9-7-17(8-10-18)24-22(27)14-20-16(2)30-23(25-20)21-4-3-13-31-21/h3-13,26H,14H2,1-2H3,(H,24,27). The van der Waals surface area contributed by atoms with E-state index < -0.39 is 10.0 Å². The van der Waals surface area contributed by atoms with Gasteiger partial charge in [-0.15, -0.1) is 11.3 Å². The van der Waals surface area contributed by atoms with E-state index in [-0.39, 0.29) is 17.2 Å². The molecule has 7 nitrogen and oxygen atoms in total. The van der Waals surface area contributed by atoms with Crippen molar-refractivity contribution in [1.82, 2.24) is 4.98 Å². The summed E-state index contributed by atoms with van der Waals surface area (Å²) in [5.41, 5.74) is 2.51. The highest BCUT2D eigenvalue weighted by Crippen LogP contribution is 2.26. The third-order valence-corrected chi connectivity index (χ3v) is 6.96. The van der Waals surface area contributed by atoms with Crippen molar-refractivity contribution in [2.24, 2.45) is 0 Å². The summed E-state index contributed by atoms with van der Waals surface area (Å²) in [5.74, 6) is 0.863. The van der Waals surface area contributed by atoms with E-state index in [1.165, 1.54) is 11.3 Å². The molecule has 0 bridgehead atoms. The van der Waals surface area contributed by atoms with Gasteiger partial charge in [0, 0.05) is 11.4 Å². The summed E-state index contributed by atoms with van der Waals surface area (Å²) >= 11 is 1.52. The molecule has 0 atom stereocenters. The minimum absolute atomic E-state index is 0.0719. The van der Waals surface area contributed by atoms with E-state index in [4.69, 9.17) is 4.42 Å². The fraction of sp³-hybridized carbons (Fsp3) is 0.130. The number of oxazole rings is 1. The number of nitrogens with one attached hydrogen (secondary N) is 2. The monoisotopic (exact) mass is 467 g/mol. The third kappa shape index (κ3) is 5.06. The van der Waals surface area contributed by atoms with Gasteiger partial charge in [-0.05, 0) is 61.7 Å². The van der Waals surface area contributed by atoms with E-state index in [1.54, 1.807) is 55.5 Å². The number of thiophene rings is 1. The first-order valence-corrected chi connectivity index (χ1v) is 12.2. The number of anilines is 2. The van der Waals surface area contributed by atoms with Crippen LogP contribution in [0.5, 0.6) is 0 Å². The average molecular weight is 468 g/mol. The molecule has 2 aromatic carbocycles. The minimum atomic E-state index is -3.68. The molecule has 1 amide bonds. The highest BCUT2D eigenvalue weighted by atomic mass is 32.2. The SMILES string of the molecule is Cc1ccc(S(=O)(=O)Nc2ccc(NC(=O)Cc3nc(-c4cccs4)oc3C)cc2)cc1. The van der Waals surface area contributed by atoms with Crippen molar-refractivity contribution >= 4 is 38.6 Å². The van der Waals surface area contributed by atoms with Gasteiger partial charge >= 0.3 is 0 Å². The molecule has 0 aliphatic rings. The zero-order chi connectivity index (χ0) is 22.7. The summed E-state index contributed by atoms with van der Waals surface area (Å²) in [6, 6.07) is 16.9. The van der Waals surface area contributed by atoms with Gasteiger partial charge < -0.3 is 9.73 Å². The first-order valence-electron chi connectivity index (χ1n) is 9.80. The number of carbonyl (C=O) groups excluding carboxylic acids is 1. The zero-order valence-corrected chi connectivity index (χ0v) is 19.1. The van der Waals surface area contributed by atoms with Gasteiger partial charge in [-0.2, -0.15) is 0 Å². The molecule has 0 aliphatic heterocycles. The molecule has 4 aromatic rings. The van der Waals surface area contributed by atoms with Crippen LogP contribution in [-0.4, -0.2) is 19.3 Å². The van der Waals surface area contributed by atoms with Crippen LogP contribution in [0.1, 0.15) is 17.0 Å². The molecule has 2 heterocycles. The Hall–Kier alpha value is -3.43. The number of nitrogens with zero attached hydrogens (tertiary/aromatic N) is 1. The van der Waals surface area contributed by atoms with Crippen LogP contribution in [0.2, 0.25) is 0 Å². The van der Waals surface area contributed by atoms with Gasteiger partial charge in [0.25, 0.3) is 10.0 Å². The van der Waals surface area contributed by atoms with Crippen LogP contribution >= 0.6 is 11.3 Å². The van der Waals surface area contributed by atoms with Crippen LogP contribution in [0.15, 0.2) is 75.4 Å². The van der Waals surface area contributed by atoms with Crippen molar-refractivity contribution in [1.29, 1.82) is 0 Å². The molecule has 4 rings (SSSR count). The van der Waals surface area contributed by atoms with Gasteiger partial charge in [0.2, 0.25) is 11.8 Å². The number of aryl methyl sites for hydroxylation is 2. The van der Waals surface area contributed by atoms with Crippen molar-refractivity contribution in [3.05, 3.63) is 83.1 Å². The molecule has 164 valence electrons. The maximum atomic E-state index is 12.5. The summed E-state index contributed by atoms with van der Waals surface area (Å²) in [5, 5.41) is 4.73. The highest BCUT2D eigenvalue weighted by molar-refractivity contribution is 7.92. The van der Waals surface area contributed by atoms with Gasteiger partial charge in [0.15, 0.2) is 0 Å². The van der Waals surface area contributed by atoms with Crippen LogP contribution in [0, 0.1) is 13.8 Å². The molecule has 0 aliphatic carbocycles. The van der Waals surface area contributed by atoms with Crippen molar-refractivity contribution in [3.63, 3.8) is 0 Å². The lowest BCUT2D eigenvalue weighted by Gasteiger charge is -2.10. The predicted octanol–water partition coefficient (Wildman–Crippen LogP) is 5.00. The minimum Gasteiger partial charge on any atom is -0.440 e. The quantitative estimate of drug-likeness (QED) is 0.398. The van der Waals surface area contributed by atoms with E-state index >= 15 is 0 Å². The fourth-order valence-corrected chi connectivity index (χ4v) is 4.72. The number of sulfonamides is 1. The molecular formula is C23H21N3O4S2. The summed E-state index contributed by atoms with van der Waals surface area (Å²) in [4.78, 5) is 18.0. The average Bonchev–Trinajstić information content (AvgIpc) is 3.40. The number of rotatable bonds is 7. The first kappa shape index (κ1) is 21.8. The topological polar surface area (TPSA) is 101 Å². The van der Waals surface area contributed by atoms with Crippen LogP contribution in [-0.2, 0) is 21.2 Å². The second kappa shape index (κ2) is 8.97. The van der Waals surface area contributed by atoms with Crippen LogP contribution < -0.4 is 10.0 Å². The van der Waals surface area contributed by atoms with Crippen molar-refractivity contribution in [2.75, 3.05) is 10.0 Å². The molecule has 32 heavy (non-hydrogen) atoms. The fourth-order valence-electron chi connectivity index (χ4n) is 3.01. The molecule has 0 saturated heterocycles. The lowest BCUT2D eigenvalue weighted by atomic mass is 10.2. The lowest BCUT2D eigenvalue weighted by molar-refractivity contribution is -0.115. The number of amides is 1. The summed E-state index contributed by atoms with van der Waals surface area (Å²) in [6.45, 7) is 3.67. The van der Waals surface area contributed by atoms with E-state index in [0.717, 1.165) is 10.4 Å². The largest absolute Gasteiger partial charge is 0.440 e. The molecule has 0 radical (unpaired) electrons. The van der Waals surface area contributed by atoms with Gasteiger partial charge in [0.1, 0.15) is 5.76 Å². The predicted molar refractivity (Wildman–Crippen MR) is 125 cm³/mol. The number of hydrogen-bond donors (Lipinski definition) is 2. The van der Waals surface area contributed by atoms with Crippen LogP contribution in [0.4, 0.5) is 11.4 Å². The number of hydrogen-bond acceptors (Lipinski definition) is 6. The van der Waals surface area contributed by atoms with Crippen molar-refractivity contribution < 1.29 is 17.6 Å². The van der Waals surface area contributed by atoms with Gasteiger partial charge in [-0.1, -0.05) is 23.8 Å². The van der Waals surface area contributed by atoms with Crippen LogP contribution in [0.3, 0.4) is 0 Å². The molecule has 0 spiro atoms. The smallest absolute Gasteiger partial charge is 0.261 e. The van der Waals surface area contributed by atoms with E-state index in [1.807, 2.05) is 24.4 Å². The normalized spacial score (nSPS) is 11.3. The maximum Gasteiger partial charge on any atom is 0.261 e. The summed E-state index contributed by atoms with van der Waals surface area (Å²) in [6.07, 6.45) is 0.0719. The highest BCUT2D eigenvalue weighted by Gasteiger charge is 2.16. The van der Waals surface area contributed by atoms with E-state index in [2.05, 4.69) is 15.0 Å². The van der Waals surface area contributed by atoms with Crippen molar-refractivity contribution in [2.45, 2.75) is 25.2 Å². The maximum absolute atomic E-state index is 12.5. The summed E-state index contributed by atoms with van der Waals surface area (Å²) < 4.78 is 33.2. The Bertz CT molecular complexity index is 1330. The lowest BCUT2D eigenvalue weighted by Crippen LogP contribution is -2.15. The van der Waals surface area contributed by atoms with Crippen LogP contribution in [0.25, 0.3) is 10.8 Å². The first-order chi connectivity index (χ1) is 15.3. The third-order valence-electron chi connectivity index (χ3n) is 4.70. The second-order valence-corrected chi connectivity index (χ2v) is 9.85. The Labute approximate surface area is 190 Å². The molecular weight excluding hydrogens is 446 g/mol. The Morgan fingerprint density at radius 2 is 1.69 bits per heavy atom.